The first-order valence-electron chi connectivity index (χ1n) is 12.8. The highest BCUT2D eigenvalue weighted by Gasteiger charge is 2.54. The summed E-state index contributed by atoms with van der Waals surface area (Å²) < 4.78 is 5.76. The Bertz CT molecular complexity index is 1520. The summed E-state index contributed by atoms with van der Waals surface area (Å²) in [6.45, 7) is 5.39. The molecule has 0 aliphatic carbocycles. The SMILES string of the molecule is CON=C(C(=O)NC1C(=O)N2C(C(=O)O)=C(CSc3nnc(CNC(=O)OC(C)(C)C)s3)CS[C@@H]12)c1cccc(NC=O)n1. The number of amides is 4. The first-order valence-corrected chi connectivity index (χ1v) is 15.7. The molecule has 0 aromatic carbocycles. The van der Waals surface area contributed by atoms with Crippen LogP contribution in [0.2, 0.25) is 0 Å². The van der Waals surface area contributed by atoms with Crippen molar-refractivity contribution in [2.45, 2.75) is 48.7 Å². The number of carbonyl (C=O) groups excluding carboxylic acids is 4. The van der Waals surface area contributed by atoms with Crippen LogP contribution < -0.4 is 16.0 Å². The Labute approximate surface area is 263 Å². The average molecular weight is 665 g/mol. The monoisotopic (exact) mass is 664 g/mol. The lowest BCUT2D eigenvalue weighted by Crippen LogP contribution is -2.71. The van der Waals surface area contributed by atoms with Crippen LogP contribution in [0, 0.1) is 0 Å². The van der Waals surface area contributed by atoms with Crippen molar-refractivity contribution in [3.8, 4) is 0 Å². The van der Waals surface area contributed by atoms with Gasteiger partial charge in [0.05, 0.1) is 6.54 Å². The number of nitrogens with zero attached hydrogens (tertiary/aromatic N) is 5. The van der Waals surface area contributed by atoms with Crippen LogP contribution in [-0.2, 0) is 35.3 Å². The van der Waals surface area contributed by atoms with Crippen LogP contribution in [0.15, 0.2) is 39.0 Å². The van der Waals surface area contributed by atoms with Crippen LogP contribution in [0.1, 0.15) is 31.5 Å². The van der Waals surface area contributed by atoms with Gasteiger partial charge >= 0.3 is 12.1 Å². The fourth-order valence-corrected chi connectivity index (χ4v) is 7.31. The molecule has 4 N–H and O–H groups in total. The normalized spacial score (nSPS) is 18.1. The van der Waals surface area contributed by atoms with Gasteiger partial charge in [0.2, 0.25) is 6.41 Å². The van der Waals surface area contributed by atoms with Crippen molar-refractivity contribution < 1.29 is 38.7 Å². The van der Waals surface area contributed by atoms with E-state index < -0.39 is 40.9 Å². The summed E-state index contributed by atoms with van der Waals surface area (Å²) in [6.07, 6.45) is -0.153. The van der Waals surface area contributed by atoms with Crippen LogP contribution in [0.4, 0.5) is 10.6 Å². The lowest BCUT2D eigenvalue weighted by atomic mass is 10.0. The third kappa shape index (κ3) is 7.83. The van der Waals surface area contributed by atoms with E-state index in [1.807, 2.05) is 0 Å². The number of hydrogen-bond donors (Lipinski definition) is 4. The number of carboxylic acid groups (broad SMARTS) is 1. The van der Waals surface area contributed by atoms with Crippen molar-refractivity contribution in [2.75, 3.05) is 23.9 Å². The molecule has 2 aliphatic rings. The number of carbonyl (C=O) groups is 5. The van der Waals surface area contributed by atoms with Gasteiger partial charge in [0, 0.05) is 11.5 Å². The maximum Gasteiger partial charge on any atom is 0.408 e. The van der Waals surface area contributed by atoms with Crippen LogP contribution in [-0.4, -0.2) is 96.8 Å². The summed E-state index contributed by atoms with van der Waals surface area (Å²) >= 11 is 3.81. The zero-order valence-electron chi connectivity index (χ0n) is 23.9. The molecule has 44 heavy (non-hydrogen) atoms. The molecule has 0 radical (unpaired) electrons. The van der Waals surface area contributed by atoms with E-state index in [0.717, 1.165) is 4.90 Å². The molecule has 4 amide bonds. The molecule has 0 spiro atoms. The van der Waals surface area contributed by atoms with Crippen molar-refractivity contribution in [1.29, 1.82) is 0 Å². The molecule has 234 valence electrons. The molecule has 1 fully saturated rings. The number of anilines is 1. The predicted octanol–water partition coefficient (Wildman–Crippen LogP) is 1.41. The minimum atomic E-state index is -1.27. The number of carboxylic acids is 1. The molecule has 1 saturated heterocycles. The molecule has 4 heterocycles. The third-order valence-corrected chi connectivity index (χ3v) is 9.22. The fraction of sp³-hybridized carbons (Fsp3) is 0.400. The highest BCUT2D eigenvalue weighted by atomic mass is 32.2. The first-order chi connectivity index (χ1) is 20.9. The van der Waals surface area contributed by atoms with Gasteiger partial charge in [0.1, 0.15) is 46.3 Å². The van der Waals surface area contributed by atoms with Crippen LogP contribution in [0.3, 0.4) is 0 Å². The second kappa shape index (κ2) is 14.0. The predicted molar refractivity (Wildman–Crippen MR) is 161 cm³/mol. The van der Waals surface area contributed by atoms with Gasteiger partial charge in [-0.1, -0.05) is 34.3 Å². The molecule has 2 aliphatic heterocycles. The Morgan fingerprint density at radius 1 is 1.27 bits per heavy atom. The molecular weight excluding hydrogens is 637 g/mol. The number of pyridine rings is 1. The number of aliphatic carboxylic acids is 1. The second-order valence-electron chi connectivity index (χ2n) is 10.0. The van der Waals surface area contributed by atoms with E-state index >= 15 is 0 Å². The average Bonchev–Trinajstić information content (AvgIpc) is 3.43. The number of hydrogen-bond acceptors (Lipinski definition) is 14. The summed E-state index contributed by atoms with van der Waals surface area (Å²) in [6, 6.07) is 3.52. The van der Waals surface area contributed by atoms with E-state index in [0.29, 0.717) is 27.1 Å². The van der Waals surface area contributed by atoms with Crippen molar-refractivity contribution in [3.05, 3.63) is 40.2 Å². The summed E-state index contributed by atoms with van der Waals surface area (Å²) in [5.74, 6) is -1.93. The van der Waals surface area contributed by atoms with Crippen LogP contribution >= 0.6 is 34.9 Å². The summed E-state index contributed by atoms with van der Waals surface area (Å²) in [5, 5.41) is 29.3. The summed E-state index contributed by atoms with van der Waals surface area (Å²) in [4.78, 5) is 71.2. The van der Waals surface area contributed by atoms with Crippen molar-refractivity contribution >= 4 is 76.7 Å². The Balaban J connectivity index is 1.40. The Morgan fingerprint density at radius 2 is 2.05 bits per heavy atom. The molecule has 19 heteroatoms. The van der Waals surface area contributed by atoms with Crippen molar-refractivity contribution in [3.63, 3.8) is 0 Å². The molecule has 2 aromatic heterocycles. The Hall–Kier alpha value is -4.23. The molecule has 2 aromatic rings. The number of thioether (sulfide) groups is 2. The maximum atomic E-state index is 13.1. The van der Waals surface area contributed by atoms with Gasteiger partial charge in [-0.15, -0.1) is 22.0 Å². The number of oxime groups is 1. The molecule has 0 saturated carbocycles. The molecule has 4 rings (SSSR count). The maximum absolute atomic E-state index is 13.1. The highest BCUT2D eigenvalue weighted by Crippen LogP contribution is 2.41. The number of fused-ring (bicyclic) bond motifs is 1. The van der Waals surface area contributed by atoms with E-state index in [9.17, 15) is 29.1 Å². The number of ether oxygens (including phenoxy) is 1. The largest absolute Gasteiger partial charge is 0.477 e. The Morgan fingerprint density at radius 3 is 2.73 bits per heavy atom. The van der Waals surface area contributed by atoms with Crippen LogP contribution in [0.25, 0.3) is 0 Å². The van der Waals surface area contributed by atoms with Gasteiger partial charge in [0.15, 0.2) is 10.1 Å². The standard InChI is InChI=1S/C25H28N8O8S3/c1-25(2,3)41-23(39)26-8-15-30-31-24(44-15)43-10-12-9-42-21-17(20(36)33(21)18(12)22(37)38)29-19(35)16(32-40-4)13-6-5-7-14(28-13)27-11-34/h5-7,11,17,21H,8-10H2,1-4H3,(H,26,39)(H,29,35)(H,37,38)(H,27,28,34)/t17?,21-/m0/s1. The molecule has 0 bridgehead atoms. The zero-order valence-corrected chi connectivity index (χ0v) is 26.3. The van der Waals surface area contributed by atoms with E-state index in [1.165, 1.54) is 54.1 Å². The number of nitrogens with one attached hydrogen (secondary N) is 3. The lowest BCUT2D eigenvalue weighted by molar-refractivity contribution is -0.150. The lowest BCUT2D eigenvalue weighted by Gasteiger charge is -2.49. The van der Waals surface area contributed by atoms with E-state index in [4.69, 9.17) is 9.57 Å². The van der Waals surface area contributed by atoms with E-state index in [2.05, 4.69) is 36.3 Å². The first kappa shape index (κ1) is 32.7. The molecule has 16 nitrogen and oxygen atoms in total. The van der Waals surface area contributed by atoms with Gasteiger partial charge in [-0.05, 0) is 38.5 Å². The topological polar surface area (TPSA) is 214 Å². The smallest absolute Gasteiger partial charge is 0.408 e. The molecule has 2 atom stereocenters. The number of rotatable bonds is 12. The quantitative estimate of drug-likeness (QED) is 0.0831. The third-order valence-electron chi connectivity index (χ3n) is 5.73. The molecule has 1 unspecified atom stereocenters. The van der Waals surface area contributed by atoms with E-state index in [1.54, 1.807) is 26.8 Å². The second-order valence-corrected chi connectivity index (χ2v) is 13.4. The van der Waals surface area contributed by atoms with Gasteiger partial charge in [-0.25, -0.2) is 14.6 Å². The Kier molecular flexibility index (Phi) is 10.4. The number of aromatic nitrogens is 3. The number of alkyl carbamates (subject to hydrolysis) is 1. The van der Waals surface area contributed by atoms with Crippen LogP contribution in [0.5, 0.6) is 0 Å². The minimum Gasteiger partial charge on any atom is -0.477 e. The summed E-state index contributed by atoms with van der Waals surface area (Å²) in [7, 11) is 1.24. The van der Waals surface area contributed by atoms with Gasteiger partial charge in [-0.2, -0.15) is 0 Å². The van der Waals surface area contributed by atoms with Gasteiger partial charge in [0.25, 0.3) is 11.8 Å². The molecular formula is C25H28N8O8S3. The summed E-state index contributed by atoms with van der Waals surface area (Å²) in [5.41, 5.74) is -0.423. The zero-order chi connectivity index (χ0) is 32.0. The van der Waals surface area contributed by atoms with E-state index in [-0.39, 0.29) is 35.2 Å². The fourth-order valence-electron chi connectivity index (χ4n) is 3.99. The van der Waals surface area contributed by atoms with Crippen molar-refractivity contribution in [1.82, 2.24) is 30.7 Å². The van der Waals surface area contributed by atoms with Gasteiger partial charge in [-0.3, -0.25) is 19.3 Å². The highest BCUT2D eigenvalue weighted by molar-refractivity contribution is 8.01. The van der Waals surface area contributed by atoms with Crippen molar-refractivity contribution in [2.24, 2.45) is 5.16 Å². The van der Waals surface area contributed by atoms with Gasteiger partial charge < -0.3 is 30.6 Å². The number of β-lactam (4-membered cyclic amide) rings is 1. The minimum absolute atomic E-state index is 0.0852.